The maximum atomic E-state index is 10.1. The van der Waals surface area contributed by atoms with E-state index in [1.807, 2.05) is 10.8 Å². The van der Waals surface area contributed by atoms with Gasteiger partial charge >= 0.3 is 0 Å². The lowest BCUT2D eigenvalue weighted by atomic mass is 10.2. The third-order valence-corrected chi connectivity index (χ3v) is 17.5. The number of hydrogen-bond acceptors (Lipinski definition) is 7. The van der Waals surface area contributed by atoms with E-state index in [-0.39, 0.29) is 29.4 Å². The standard InChI is InChI=1S/C24H43ClN4O4Si2/c1-23(2,3)34(7,8)28-22-26-20(25)19-15(13-30)12-29(21(19)27-22)18-11-16(17(14-31)32-18)33-35(9,10)24(4,5)6/h12,16-18,30-31H,11,13-14H2,1-10H3,(H,26,27,28)/t16-,17-,18-/m1/s1. The van der Waals surface area contributed by atoms with Gasteiger partial charge in [-0.1, -0.05) is 66.2 Å². The number of nitrogens with zero attached hydrogens (tertiary/aromatic N) is 3. The number of aliphatic hydroxyl groups excluding tert-OH is 2. The SMILES string of the molecule is CC(C)(C)[Si](C)(C)Nc1nc(Cl)c2c(CO)cn([C@H]3C[C@@H](O[Si](C)(C)C(C)(C)C)[C@@H](CO)O3)c2n1. The zero-order valence-electron chi connectivity index (χ0n) is 22.9. The Bertz CT molecular complexity index is 1060. The van der Waals surface area contributed by atoms with Crippen LogP contribution in [-0.4, -0.2) is 60.1 Å². The largest absolute Gasteiger partial charge is 0.411 e. The highest BCUT2D eigenvalue weighted by Crippen LogP contribution is 2.42. The van der Waals surface area contributed by atoms with E-state index in [0.29, 0.717) is 34.1 Å². The summed E-state index contributed by atoms with van der Waals surface area (Å²) in [7, 11) is -4.02. The number of anilines is 1. The van der Waals surface area contributed by atoms with Crippen molar-refractivity contribution in [2.75, 3.05) is 11.6 Å². The molecule has 0 aliphatic carbocycles. The molecule has 0 amide bonds. The lowest BCUT2D eigenvalue weighted by molar-refractivity contribution is -0.0409. The molecule has 3 rings (SSSR count). The predicted molar refractivity (Wildman–Crippen MR) is 147 cm³/mol. The lowest BCUT2D eigenvalue weighted by Gasteiger charge is -2.39. The molecule has 3 heterocycles. The van der Waals surface area contributed by atoms with E-state index >= 15 is 0 Å². The van der Waals surface area contributed by atoms with E-state index in [1.54, 1.807) is 0 Å². The van der Waals surface area contributed by atoms with Crippen molar-refractivity contribution >= 4 is 45.1 Å². The summed E-state index contributed by atoms with van der Waals surface area (Å²) in [6, 6.07) is 0. The Morgan fingerprint density at radius 2 is 1.74 bits per heavy atom. The van der Waals surface area contributed by atoms with Crippen LogP contribution >= 0.6 is 11.6 Å². The highest BCUT2D eigenvalue weighted by atomic mass is 35.5. The molecule has 198 valence electrons. The molecule has 0 unspecified atom stereocenters. The molecule has 2 aromatic heterocycles. The Morgan fingerprint density at radius 1 is 1.11 bits per heavy atom. The van der Waals surface area contributed by atoms with E-state index in [9.17, 15) is 10.2 Å². The summed E-state index contributed by atoms with van der Waals surface area (Å²) >= 11 is 6.63. The van der Waals surface area contributed by atoms with E-state index in [4.69, 9.17) is 25.7 Å². The number of halogens is 1. The van der Waals surface area contributed by atoms with Crippen LogP contribution in [0.25, 0.3) is 11.0 Å². The fourth-order valence-electron chi connectivity index (χ4n) is 3.76. The van der Waals surface area contributed by atoms with Crippen molar-refractivity contribution in [2.24, 2.45) is 0 Å². The minimum absolute atomic E-state index is 0.0420. The average Bonchev–Trinajstić information content (AvgIpc) is 3.26. The second-order valence-corrected chi connectivity index (χ2v) is 22.8. The van der Waals surface area contributed by atoms with Crippen LogP contribution < -0.4 is 4.98 Å². The van der Waals surface area contributed by atoms with Gasteiger partial charge in [0.05, 0.1) is 24.7 Å². The quantitative estimate of drug-likeness (QED) is 0.306. The van der Waals surface area contributed by atoms with Gasteiger partial charge in [-0.25, -0.2) is 4.98 Å². The number of rotatable bonds is 7. The first-order valence-electron chi connectivity index (χ1n) is 12.3. The van der Waals surface area contributed by atoms with Crippen molar-refractivity contribution in [1.29, 1.82) is 0 Å². The van der Waals surface area contributed by atoms with E-state index < -0.39 is 28.9 Å². The van der Waals surface area contributed by atoms with E-state index in [0.717, 1.165) is 0 Å². The molecule has 1 fully saturated rings. The minimum atomic E-state index is -2.07. The van der Waals surface area contributed by atoms with Crippen LogP contribution in [0, 0.1) is 0 Å². The van der Waals surface area contributed by atoms with Gasteiger partial charge in [-0.15, -0.1) is 0 Å². The van der Waals surface area contributed by atoms with Crippen molar-refractivity contribution in [3.8, 4) is 0 Å². The highest BCUT2D eigenvalue weighted by molar-refractivity contribution is 6.82. The first kappa shape index (κ1) is 28.6. The van der Waals surface area contributed by atoms with Gasteiger partial charge < -0.3 is 28.9 Å². The molecule has 0 saturated carbocycles. The molecular formula is C24H43ClN4O4Si2. The van der Waals surface area contributed by atoms with Crippen molar-refractivity contribution < 1.29 is 19.4 Å². The summed E-state index contributed by atoms with van der Waals surface area (Å²) in [5, 5.41) is 21.1. The maximum Gasteiger partial charge on any atom is 0.218 e. The first-order chi connectivity index (χ1) is 15.9. The zero-order chi connectivity index (χ0) is 26.6. The summed E-state index contributed by atoms with van der Waals surface area (Å²) in [4.78, 5) is 12.9. The van der Waals surface area contributed by atoms with Crippen LogP contribution in [0.1, 0.15) is 59.8 Å². The molecule has 1 aliphatic rings. The molecule has 1 saturated heterocycles. The van der Waals surface area contributed by atoms with Crippen LogP contribution in [0.5, 0.6) is 0 Å². The maximum absolute atomic E-state index is 10.1. The summed E-state index contributed by atoms with van der Waals surface area (Å²) < 4.78 is 14.8. The first-order valence-corrected chi connectivity index (χ1v) is 18.6. The molecule has 0 bridgehead atoms. The smallest absolute Gasteiger partial charge is 0.218 e. The van der Waals surface area contributed by atoms with Gasteiger partial charge in [0.2, 0.25) is 5.95 Å². The monoisotopic (exact) mass is 542 g/mol. The second-order valence-electron chi connectivity index (χ2n) is 12.7. The van der Waals surface area contributed by atoms with Crippen LogP contribution in [-0.2, 0) is 15.8 Å². The van der Waals surface area contributed by atoms with Crippen molar-refractivity contribution in [1.82, 2.24) is 14.5 Å². The van der Waals surface area contributed by atoms with Gasteiger partial charge in [0.25, 0.3) is 0 Å². The molecular weight excluding hydrogens is 500 g/mol. The van der Waals surface area contributed by atoms with Gasteiger partial charge in [0.15, 0.2) is 16.6 Å². The lowest BCUT2D eigenvalue weighted by Crippen LogP contribution is -2.46. The second kappa shape index (κ2) is 9.70. The number of fused-ring (bicyclic) bond motifs is 1. The molecule has 0 spiro atoms. The molecule has 0 aromatic carbocycles. The fraction of sp³-hybridized carbons (Fsp3) is 0.750. The van der Waals surface area contributed by atoms with E-state index in [2.05, 4.69) is 77.7 Å². The Kier molecular flexibility index (Phi) is 7.91. The van der Waals surface area contributed by atoms with Crippen molar-refractivity contribution in [3.63, 3.8) is 0 Å². The van der Waals surface area contributed by atoms with E-state index in [1.165, 1.54) is 0 Å². The molecule has 35 heavy (non-hydrogen) atoms. The Labute approximate surface area is 216 Å². The van der Waals surface area contributed by atoms with Gasteiger partial charge in [-0.3, -0.25) is 0 Å². The predicted octanol–water partition coefficient (Wildman–Crippen LogP) is 5.66. The third kappa shape index (κ3) is 5.63. The van der Waals surface area contributed by atoms with Crippen molar-refractivity contribution in [3.05, 3.63) is 16.9 Å². The molecule has 2 aromatic rings. The Balaban J connectivity index is 2.01. The molecule has 1 aliphatic heterocycles. The Morgan fingerprint density at radius 3 is 2.26 bits per heavy atom. The molecule has 0 radical (unpaired) electrons. The third-order valence-electron chi connectivity index (χ3n) is 8.10. The average molecular weight is 543 g/mol. The Hall–Kier alpha value is -1.02. The molecule has 3 N–H and O–H groups in total. The van der Waals surface area contributed by atoms with Gasteiger partial charge in [0.1, 0.15) is 23.1 Å². The molecule has 8 nitrogen and oxygen atoms in total. The number of ether oxygens (including phenoxy) is 1. The number of hydrogen-bond donors (Lipinski definition) is 3. The number of aliphatic hydroxyl groups is 2. The van der Waals surface area contributed by atoms with Gasteiger partial charge in [-0.2, -0.15) is 4.98 Å². The summed E-state index contributed by atoms with van der Waals surface area (Å²) in [6.45, 7) is 21.8. The van der Waals surface area contributed by atoms with Crippen LogP contribution in [0.4, 0.5) is 5.95 Å². The summed E-state index contributed by atoms with van der Waals surface area (Å²) in [6.07, 6.45) is 1.32. The number of aromatic nitrogens is 3. The molecule has 11 heteroatoms. The van der Waals surface area contributed by atoms with Crippen LogP contribution in [0.3, 0.4) is 0 Å². The highest BCUT2D eigenvalue weighted by Gasteiger charge is 2.45. The van der Waals surface area contributed by atoms with Crippen molar-refractivity contribution in [2.45, 2.75) is 109 Å². The fourth-order valence-corrected chi connectivity index (χ4v) is 6.45. The topological polar surface area (TPSA) is 102 Å². The normalized spacial score (nSPS) is 22.3. The van der Waals surface area contributed by atoms with Gasteiger partial charge in [-0.05, 0) is 23.2 Å². The number of nitrogens with one attached hydrogen (secondary N) is 1. The van der Waals surface area contributed by atoms with Crippen LogP contribution in [0.15, 0.2) is 6.20 Å². The summed E-state index contributed by atoms with van der Waals surface area (Å²) in [5.74, 6) is 0.476. The zero-order valence-corrected chi connectivity index (χ0v) is 25.6. The molecule has 3 atom stereocenters. The van der Waals surface area contributed by atoms with Crippen LogP contribution in [0.2, 0.25) is 41.4 Å². The minimum Gasteiger partial charge on any atom is -0.411 e. The summed E-state index contributed by atoms with van der Waals surface area (Å²) in [5.41, 5.74) is 1.24. The van der Waals surface area contributed by atoms with Gasteiger partial charge in [0, 0.05) is 18.2 Å².